The first-order chi connectivity index (χ1) is 11.0. The minimum atomic E-state index is -0.202. The lowest BCUT2D eigenvalue weighted by atomic mass is 10.2. The SMILES string of the molecule is Cc1nc2ccc(NC(=O)N(C)c3ccccc3)cc2nc1C. The predicted octanol–water partition coefficient (Wildman–Crippen LogP) is 3.91. The lowest BCUT2D eigenvalue weighted by Gasteiger charge is -2.18. The summed E-state index contributed by atoms with van der Waals surface area (Å²) in [4.78, 5) is 22.9. The molecule has 0 atom stereocenters. The van der Waals surface area contributed by atoms with Crippen molar-refractivity contribution in [1.82, 2.24) is 9.97 Å². The Labute approximate surface area is 135 Å². The molecule has 0 aliphatic heterocycles. The highest BCUT2D eigenvalue weighted by Gasteiger charge is 2.11. The average Bonchev–Trinajstić information content (AvgIpc) is 2.56. The molecular formula is C18H18N4O. The number of anilines is 2. The normalized spacial score (nSPS) is 10.6. The molecule has 0 spiro atoms. The van der Waals surface area contributed by atoms with E-state index < -0.39 is 0 Å². The first kappa shape index (κ1) is 15.0. The quantitative estimate of drug-likeness (QED) is 0.781. The van der Waals surface area contributed by atoms with Crippen LogP contribution in [0.25, 0.3) is 11.0 Å². The number of benzene rings is 2. The average molecular weight is 306 g/mol. The topological polar surface area (TPSA) is 58.1 Å². The van der Waals surface area contributed by atoms with Gasteiger partial charge < -0.3 is 5.32 Å². The third-order valence-corrected chi connectivity index (χ3v) is 3.77. The van der Waals surface area contributed by atoms with Crippen LogP contribution in [0.2, 0.25) is 0 Å². The van der Waals surface area contributed by atoms with Gasteiger partial charge in [0, 0.05) is 18.4 Å². The highest BCUT2D eigenvalue weighted by Crippen LogP contribution is 2.19. The number of aryl methyl sites for hydroxylation is 2. The molecule has 3 rings (SSSR count). The molecule has 0 aliphatic rings. The van der Waals surface area contributed by atoms with Crippen molar-refractivity contribution in [2.45, 2.75) is 13.8 Å². The van der Waals surface area contributed by atoms with Crippen molar-refractivity contribution in [3.63, 3.8) is 0 Å². The van der Waals surface area contributed by atoms with Gasteiger partial charge in [0.15, 0.2) is 0 Å². The Morgan fingerprint density at radius 2 is 1.61 bits per heavy atom. The molecule has 1 N–H and O–H groups in total. The molecule has 116 valence electrons. The molecule has 0 unspecified atom stereocenters. The van der Waals surface area contributed by atoms with Crippen LogP contribution in [0.15, 0.2) is 48.5 Å². The Hall–Kier alpha value is -2.95. The second-order valence-corrected chi connectivity index (χ2v) is 5.42. The summed E-state index contributed by atoms with van der Waals surface area (Å²) in [6.07, 6.45) is 0. The monoisotopic (exact) mass is 306 g/mol. The van der Waals surface area contributed by atoms with Crippen LogP contribution in [-0.4, -0.2) is 23.0 Å². The van der Waals surface area contributed by atoms with Crippen molar-refractivity contribution in [3.8, 4) is 0 Å². The van der Waals surface area contributed by atoms with Crippen LogP contribution in [0.5, 0.6) is 0 Å². The third-order valence-electron chi connectivity index (χ3n) is 3.77. The summed E-state index contributed by atoms with van der Waals surface area (Å²) >= 11 is 0. The van der Waals surface area contributed by atoms with Gasteiger partial charge in [-0.1, -0.05) is 18.2 Å². The molecule has 3 aromatic rings. The number of aromatic nitrogens is 2. The summed E-state index contributed by atoms with van der Waals surface area (Å²) < 4.78 is 0. The van der Waals surface area contributed by atoms with Gasteiger partial charge in [-0.25, -0.2) is 14.8 Å². The molecule has 0 fully saturated rings. The van der Waals surface area contributed by atoms with Gasteiger partial charge in [0.25, 0.3) is 0 Å². The van der Waals surface area contributed by atoms with Gasteiger partial charge in [0.05, 0.1) is 22.4 Å². The summed E-state index contributed by atoms with van der Waals surface area (Å²) in [7, 11) is 1.74. The highest BCUT2D eigenvalue weighted by atomic mass is 16.2. The van der Waals surface area contributed by atoms with Gasteiger partial charge in [-0.3, -0.25) is 4.90 Å². The number of hydrogen-bond donors (Lipinski definition) is 1. The van der Waals surface area contributed by atoms with E-state index in [1.165, 1.54) is 0 Å². The number of rotatable bonds is 2. The van der Waals surface area contributed by atoms with Crippen LogP contribution in [0.1, 0.15) is 11.4 Å². The number of nitrogens with zero attached hydrogens (tertiary/aromatic N) is 3. The molecule has 0 bridgehead atoms. The lowest BCUT2D eigenvalue weighted by molar-refractivity contribution is 0.258. The van der Waals surface area contributed by atoms with Crippen LogP contribution in [0, 0.1) is 13.8 Å². The van der Waals surface area contributed by atoms with Gasteiger partial charge >= 0.3 is 6.03 Å². The first-order valence-electron chi connectivity index (χ1n) is 7.39. The maximum Gasteiger partial charge on any atom is 0.326 e. The maximum atomic E-state index is 12.3. The van der Waals surface area contributed by atoms with E-state index in [4.69, 9.17) is 0 Å². The van der Waals surface area contributed by atoms with Gasteiger partial charge in [-0.05, 0) is 44.2 Å². The summed E-state index contributed by atoms with van der Waals surface area (Å²) in [6.45, 7) is 3.86. The Morgan fingerprint density at radius 3 is 2.30 bits per heavy atom. The van der Waals surface area contributed by atoms with Crippen LogP contribution >= 0.6 is 0 Å². The fourth-order valence-corrected chi connectivity index (χ4v) is 2.28. The number of amides is 2. The first-order valence-corrected chi connectivity index (χ1v) is 7.39. The Bertz CT molecular complexity index is 862. The zero-order chi connectivity index (χ0) is 16.4. The number of para-hydroxylation sites is 1. The molecule has 0 saturated heterocycles. The van der Waals surface area contributed by atoms with Crippen LogP contribution in [0.3, 0.4) is 0 Å². The fraction of sp³-hybridized carbons (Fsp3) is 0.167. The number of fused-ring (bicyclic) bond motifs is 1. The highest BCUT2D eigenvalue weighted by molar-refractivity contribution is 6.02. The number of hydrogen-bond acceptors (Lipinski definition) is 3. The summed E-state index contributed by atoms with van der Waals surface area (Å²) in [5.41, 5.74) is 4.93. The van der Waals surface area contributed by atoms with Crippen molar-refractivity contribution in [2.24, 2.45) is 0 Å². The van der Waals surface area contributed by atoms with Crippen molar-refractivity contribution in [1.29, 1.82) is 0 Å². The number of nitrogens with one attached hydrogen (secondary N) is 1. The standard InChI is InChI=1S/C18H18N4O/c1-12-13(2)20-17-11-14(9-10-16(17)19-12)21-18(23)22(3)15-7-5-4-6-8-15/h4-11H,1-3H3,(H,21,23). The predicted molar refractivity (Wildman–Crippen MR) is 92.9 cm³/mol. The fourth-order valence-electron chi connectivity index (χ4n) is 2.28. The minimum absolute atomic E-state index is 0.202. The summed E-state index contributed by atoms with van der Waals surface area (Å²) in [5, 5.41) is 2.89. The molecule has 5 heteroatoms. The second-order valence-electron chi connectivity index (χ2n) is 5.42. The number of carbonyl (C=O) groups excluding carboxylic acids is 1. The largest absolute Gasteiger partial charge is 0.326 e. The molecule has 5 nitrogen and oxygen atoms in total. The number of urea groups is 1. The van der Waals surface area contributed by atoms with Crippen LogP contribution in [-0.2, 0) is 0 Å². The smallest absolute Gasteiger partial charge is 0.307 e. The third kappa shape index (κ3) is 3.13. The van der Waals surface area contributed by atoms with E-state index in [0.717, 1.165) is 28.1 Å². The Morgan fingerprint density at radius 1 is 0.957 bits per heavy atom. The molecule has 0 saturated carbocycles. The minimum Gasteiger partial charge on any atom is -0.307 e. The number of carbonyl (C=O) groups is 1. The molecule has 2 amide bonds. The zero-order valence-electron chi connectivity index (χ0n) is 13.4. The lowest BCUT2D eigenvalue weighted by Crippen LogP contribution is -2.31. The zero-order valence-corrected chi connectivity index (χ0v) is 13.4. The maximum absolute atomic E-state index is 12.3. The van der Waals surface area contributed by atoms with E-state index in [-0.39, 0.29) is 6.03 Å². The van der Waals surface area contributed by atoms with E-state index in [9.17, 15) is 4.79 Å². The van der Waals surface area contributed by atoms with E-state index in [1.807, 2.05) is 62.4 Å². The van der Waals surface area contributed by atoms with Crippen molar-refractivity contribution in [2.75, 3.05) is 17.3 Å². The molecule has 1 aromatic heterocycles. The van der Waals surface area contributed by atoms with E-state index >= 15 is 0 Å². The van der Waals surface area contributed by atoms with E-state index in [2.05, 4.69) is 15.3 Å². The van der Waals surface area contributed by atoms with Crippen LogP contribution in [0.4, 0.5) is 16.2 Å². The van der Waals surface area contributed by atoms with E-state index in [0.29, 0.717) is 5.69 Å². The molecule has 0 aliphatic carbocycles. The molecule has 0 radical (unpaired) electrons. The van der Waals surface area contributed by atoms with Crippen molar-refractivity contribution >= 4 is 28.4 Å². The summed E-state index contributed by atoms with van der Waals surface area (Å²) in [6, 6.07) is 14.8. The van der Waals surface area contributed by atoms with Gasteiger partial charge in [0.1, 0.15) is 0 Å². The molecule has 1 heterocycles. The molecule has 2 aromatic carbocycles. The Balaban J connectivity index is 1.83. The van der Waals surface area contributed by atoms with Gasteiger partial charge in [-0.2, -0.15) is 0 Å². The Kier molecular flexibility index (Phi) is 3.93. The van der Waals surface area contributed by atoms with Gasteiger partial charge in [-0.15, -0.1) is 0 Å². The van der Waals surface area contributed by atoms with Crippen molar-refractivity contribution < 1.29 is 4.79 Å². The summed E-state index contributed by atoms with van der Waals surface area (Å²) in [5.74, 6) is 0. The van der Waals surface area contributed by atoms with E-state index in [1.54, 1.807) is 11.9 Å². The second kappa shape index (κ2) is 6.04. The van der Waals surface area contributed by atoms with Crippen molar-refractivity contribution in [3.05, 3.63) is 59.9 Å². The molecule has 23 heavy (non-hydrogen) atoms. The molecular weight excluding hydrogens is 288 g/mol. The van der Waals surface area contributed by atoms with Crippen LogP contribution < -0.4 is 10.2 Å². The van der Waals surface area contributed by atoms with Gasteiger partial charge in [0.2, 0.25) is 0 Å².